The molecule has 0 fully saturated rings. The van der Waals surface area contributed by atoms with Gasteiger partial charge in [0.15, 0.2) is 5.76 Å². The molecule has 2 aromatic carbocycles. The van der Waals surface area contributed by atoms with Crippen LogP contribution in [0.1, 0.15) is 32.9 Å². The Labute approximate surface area is 162 Å². The Balaban J connectivity index is 1.57. The normalized spacial score (nSPS) is 13.0. The number of hydrogen-bond acceptors (Lipinski definition) is 4. The number of amides is 2. The quantitative estimate of drug-likeness (QED) is 0.743. The number of anilines is 2. The maximum absolute atomic E-state index is 12.7. The molecule has 0 saturated heterocycles. The van der Waals surface area contributed by atoms with Crippen LogP contribution in [0.4, 0.5) is 11.4 Å². The van der Waals surface area contributed by atoms with Crippen LogP contribution in [0.3, 0.4) is 0 Å². The summed E-state index contributed by atoms with van der Waals surface area (Å²) in [7, 11) is 1.54. The zero-order valence-electron chi connectivity index (χ0n) is 15.5. The number of furan rings is 1. The van der Waals surface area contributed by atoms with Crippen LogP contribution >= 0.6 is 0 Å². The van der Waals surface area contributed by atoms with E-state index in [1.54, 1.807) is 41.3 Å². The number of rotatable bonds is 4. The minimum absolute atomic E-state index is 0.156. The number of ether oxygens (including phenoxy) is 1. The van der Waals surface area contributed by atoms with Crippen molar-refractivity contribution >= 4 is 23.2 Å². The molecule has 6 nitrogen and oxygen atoms in total. The van der Waals surface area contributed by atoms with Crippen LogP contribution in [0.5, 0.6) is 5.75 Å². The van der Waals surface area contributed by atoms with Crippen molar-refractivity contribution in [2.75, 3.05) is 23.9 Å². The van der Waals surface area contributed by atoms with E-state index >= 15 is 0 Å². The molecule has 28 heavy (non-hydrogen) atoms. The molecule has 142 valence electrons. The van der Waals surface area contributed by atoms with Crippen molar-refractivity contribution in [3.8, 4) is 5.75 Å². The van der Waals surface area contributed by atoms with Gasteiger partial charge in [-0.1, -0.05) is 12.1 Å². The van der Waals surface area contributed by atoms with Crippen LogP contribution in [0.25, 0.3) is 0 Å². The highest BCUT2D eigenvalue weighted by Crippen LogP contribution is 2.31. The van der Waals surface area contributed by atoms with E-state index in [1.165, 1.54) is 13.4 Å². The zero-order chi connectivity index (χ0) is 19.5. The molecule has 0 radical (unpaired) electrons. The molecule has 0 atom stereocenters. The molecule has 0 spiro atoms. The maximum atomic E-state index is 12.7. The summed E-state index contributed by atoms with van der Waals surface area (Å²) in [4.78, 5) is 27.0. The first-order chi connectivity index (χ1) is 13.7. The minimum atomic E-state index is -0.239. The van der Waals surface area contributed by atoms with E-state index in [2.05, 4.69) is 5.32 Å². The van der Waals surface area contributed by atoms with E-state index in [9.17, 15) is 9.59 Å². The van der Waals surface area contributed by atoms with Gasteiger partial charge >= 0.3 is 0 Å². The first-order valence-electron chi connectivity index (χ1n) is 9.10. The van der Waals surface area contributed by atoms with Crippen molar-refractivity contribution in [1.82, 2.24) is 0 Å². The summed E-state index contributed by atoms with van der Waals surface area (Å²) >= 11 is 0. The molecule has 2 amide bonds. The number of para-hydroxylation sites is 1. The number of nitrogens with one attached hydrogen (secondary N) is 1. The highest BCUT2D eigenvalue weighted by molar-refractivity contribution is 6.07. The van der Waals surface area contributed by atoms with Crippen molar-refractivity contribution in [2.24, 2.45) is 0 Å². The van der Waals surface area contributed by atoms with Gasteiger partial charge in [0.05, 0.1) is 18.9 Å². The third kappa shape index (κ3) is 3.36. The molecular weight excluding hydrogens is 356 g/mol. The third-order valence-corrected chi connectivity index (χ3v) is 4.78. The molecule has 1 aliphatic heterocycles. The lowest BCUT2D eigenvalue weighted by Gasteiger charge is -2.29. The first kappa shape index (κ1) is 17.9. The fourth-order valence-electron chi connectivity index (χ4n) is 3.45. The number of fused-ring (bicyclic) bond motifs is 1. The van der Waals surface area contributed by atoms with Crippen LogP contribution in [-0.4, -0.2) is 25.5 Å². The highest BCUT2D eigenvalue weighted by atomic mass is 16.5. The van der Waals surface area contributed by atoms with Gasteiger partial charge in [-0.2, -0.15) is 0 Å². The first-order valence-corrected chi connectivity index (χ1v) is 9.10. The second-order valence-corrected chi connectivity index (χ2v) is 6.54. The summed E-state index contributed by atoms with van der Waals surface area (Å²) in [5.74, 6) is 0.447. The molecule has 1 aliphatic rings. The van der Waals surface area contributed by atoms with E-state index < -0.39 is 0 Å². The number of carbonyl (C=O) groups is 2. The van der Waals surface area contributed by atoms with Gasteiger partial charge in [0.1, 0.15) is 5.75 Å². The minimum Gasteiger partial charge on any atom is -0.496 e. The van der Waals surface area contributed by atoms with Gasteiger partial charge in [-0.25, -0.2) is 0 Å². The Hall–Kier alpha value is -3.54. The predicted molar refractivity (Wildman–Crippen MR) is 106 cm³/mol. The number of benzene rings is 2. The van der Waals surface area contributed by atoms with E-state index in [-0.39, 0.29) is 11.8 Å². The van der Waals surface area contributed by atoms with Crippen LogP contribution in [0.15, 0.2) is 65.3 Å². The van der Waals surface area contributed by atoms with Gasteiger partial charge < -0.3 is 19.4 Å². The Morgan fingerprint density at radius 1 is 1.11 bits per heavy atom. The Morgan fingerprint density at radius 2 is 1.96 bits per heavy atom. The Kier molecular flexibility index (Phi) is 4.85. The largest absolute Gasteiger partial charge is 0.496 e. The lowest BCUT2D eigenvalue weighted by atomic mass is 10.0. The average Bonchev–Trinajstić information content (AvgIpc) is 3.27. The second-order valence-electron chi connectivity index (χ2n) is 6.54. The van der Waals surface area contributed by atoms with Crippen molar-refractivity contribution in [3.63, 3.8) is 0 Å². The lowest BCUT2D eigenvalue weighted by molar-refractivity contribution is 0.0957. The molecule has 4 rings (SSSR count). The number of methoxy groups -OCH3 is 1. The van der Waals surface area contributed by atoms with Crippen LogP contribution in [0.2, 0.25) is 0 Å². The number of carbonyl (C=O) groups excluding carboxylic acids is 2. The standard InChI is InChI=1S/C22H20N2O4/c1-27-19-8-3-2-7-17(19)21(25)23-16-10-11-18-15(14-16)6-4-12-24(18)22(26)20-9-5-13-28-20/h2-3,5,7-11,13-14H,4,6,12H2,1H3,(H,23,25). The molecule has 0 saturated carbocycles. The molecule has 2 heterocycles. The fourth-order valence-corrected chi connectivity index (χ4v) is 3.45. The molecule has 1 N–H and O–H groups in total. The molecule has 6 heteroatoms. The Morgan fingerprint density at radius 3 is 2.75 bits per heavy atom. The van der Waals surface area contributed by atoms with Crippen molar-refractivity contribution in [2.45, 2.75) is 12.8 Å². The number of nitrogens with zero attached hydrogens (tertiary/aromatic N) is 1. The summed E-state index contributed by atoms with van der Waals surface area (Å²) in [5.41, 5.74) is 3.02. The zero-order valence-corrected chi connectivity index (χ0v) is 15.5. The van der Waals surface area contributed by atoms with Gasteiger partial charge in [-0.05, 0) is 60.9 Å². The highest BCUT2D eigenvalue weighted by Gasteiger charge is 2.25. The van der Waals surface area contributed by atoms with Gasteiger partial charge in [-0.15, -0.1) is 0 Å². The molecule has 0 bridgehead atoms. The van der Waals surface area contributed by atoms with E-state index in [0.717, 1.165) is 24.1 Å². The van der Waals surface area contributed by atoms with E-state index in [1.807, 2.05) is 18.2 Å². The summed E-state index contributed by atoms with van der Waals surface area (Å²) < 4.78 is 10.5. The van der Waals surface area contributed by atoms with Crippen LogP contribution in [-0.2, 0) is 6.42 Å². The molecule has 0 aliphatic carbocycles. The molecule has 1 aromatic heterocycles. The summed E-state index contributed by atoms with van der Waals surface area (Å²) in [6.45, 7) is 0.638. The van der Waals surface area contributed by atoms with E-state index in [4.69, 9.17) is 9.15 Å². The van der Waals surface area contributed by atoms with Crippen molar-refractivity contribution in [3.05, 3.63) is 77.7 Å². The Bertz CT molecular complexity index is 1010. The van der Waals surface area contributed by atoms with Gasteiger partial charge in [-0.3, -0.25) is 9.59 Å². The van der Waals surface area contributed by atoms with Crippen molar-refractivity contribution in [1.29, 1.82) is 0 Å². The lowest BCUT2D eigenvalue weighted by Crippen LogP contribution is -2.35. The molecule has 0 unspecified atom stereocenters. The smallest absolute Gasteiger partial charge is 0.293 e. The summed E-state index contributed by atoms with van der Waals surface area (Å²) in [6.07, 6.45) is 3.19. The predicted octanol–water partition coefficient (Wildman–Crippen LogP) is 4.13. The van der Waals surface area contributed by atoms with Crippen LogP contribution < -0.4 is 15.0 Å². The van der Waals surface area contributed by atoms with Gasteiger partial charge in [0.25, 0.3) is 11.8 Å². The van der Waals surface area contributed by atoms with Gasteiger partial charge in [0, 0.05) is 17.9 Å². The SMILES string of the molecule is COc1ccccc1C(=O)Nc1ccc2c(c1)CCCN2C(=O)c1ccco1. The third-order valence-electron chi connectivity index (χ3n) is 4.78. The van der Waals surface area contributed by atoms with Crippen LogP contribution in [0, 0.1) is 0 Å². The maximum Gasteiger partial charge on any atom is 0.293 e. The number of hydrogen-bond donors (Lipinski definition) is 1. The number of aryl methyl sites for hydroxylation is 1. The fraction of sp³-hybridized carbons (Fsp3) is 0.182. The average molecular weight is 376 g/mol. The molecule has 3 aromatic rings. The monoisotopic (exact) mass is 376 g/mol. The summed E-state index contributed by atoms with van der Waals surface area (Å²) in [6, 6.07) is 16.0. The summed E-state index contributed by atoms with van der Waals surface area (Å²) in [5, 5.41) is 2.91. The van der Waals surface area contributed by atoms with E-state index in [0.29, 0.717) is 29.3 Å². The van der Waals surface area contributed by atoms with Gasteiger partial charge in [0.2, 0.25) is 0 Å². The second kappa shape index (κ2) is 7.60. The molecular formula is C22H20N2O4. The van der Waals surface area contributed by atoms with Crippen molar-refractivity contribution < 1.29 is 18.7 Å². The topological polar surface area (TPSA) is 71.8 Å².